The molecule has 1 atom stereocenters. The molecule has 0 amide bonds. The van der Waals surface area contributed by atoms with E-state index in [-0.39, 0.29) is 17.7 Å². The molecule has 8 nitrogen and oxygen atoms in total. The van der Waals surface area contributed by atoms with Gasteiger partial charge in [0, 0.05) is 11.9 Å². The van der Waals surface area contributed by atoms with Gasteiger partial charge in [-0.15, -0.1) is 0 Å². The number of thiazole rings is 1. The molecule has 0 bridgehead atoms. The summed E-state index contributed by atoms with van der Waals surface area (Å²) in [6, 6.07) is 7.69. The number of nitrogens with one attached hydrogen (secondary N) is 1. The smallest absolute Gasteiger partial charge is 0.358 e. The predicted molar refractivity (Wildman–Crippen MR) is 97.2 cm³/mol. The molecule has 0 aliphatic heterocycles. The fourth-order valence-electron chi connectivity index (χ4n) is 3.07. The Morgan fingerprint density at radius 1 is 1.36 bits per heavy atom. The van der Waals surface area contributed by atoms with Crippen molar-refractivity contribution in [2.75, 3.05) is 5.32 Å². The van der Waals surface area contributed by atoms with E-state index in [0.29, 0.717) is 4.96 Å². The average Bonchev–Trinajstić information content (AvgIpc) is 3.25. The van der Waals surface area contributed by atoms with Crippen molar-refractivity contribution in [1.82, 2.24) is 18.9 Å². The highest BCUT2D eigenvalue weighted by Crippen LogP contribution is 2.31. The summed E-state index contributed by atoms with van der Waals surface area (Å²) >= 11 is 1.36. The fraction of sp³-hybridized carbons (Fsp3) is 0.250. The number of imidazole rings is 2. The van der Waals surface area contributed by atoms with Gasteiger partial charge in [-0.2, -0.15) is 9.38 Å². The molecule has 0 spiro atoms. The van der Waals surface area contributed by atoms with Crippen LogP contribution in [0.4, 0.5) is 11.6 Å². The molecule has 4 rings (SSSR count). The quantitative estimate of drug-likeness (QED) is 0.433. The second kappa shape index (κ2) is 5.85. The molecule has 0 saturated carbocycles. The van der Waals surface area contributed by atoms with Gasteiger partial charge in [0.25, 0.3) is 4.96 Å². The van der Waals surface area contributed by atoms with Crippen molar-refractivity contribution >= 4 is 39.0 Å². The summed E-state index contributed by atoms with van der Waals surface area (Å²) < 4.78 is 3.60. The predicted octanol–water partition coefficient (Wildman–Crippen LogP) is 3.85. The molecular weight excluding hydrogens is 340 g/mol. The minimum atomic E-state index is -0.412. The normalized spacial score (nSPS) is 12.7. The summed E-state index contributed by atoms with van der Waals surface area (Å²) in [5.74, 6) is 1.04. The van der Waals surface area contributed by atoms with Gasteiger partial charge in [0.1, 0.15) is 12.0 Å². The van der Waals surface area contributed by atoms with Crippen molar-refractivity contribution in [3.63, 3.8) is 0 Å². The molecule has 1 N–H and O–H groups in total. The standard InChI is InChI=1S/C16H16N6O2S/c1-3-20-12-7-5-4-6-11(12)18-14(20)10(2)17-13-15(22(23)24)21-8-9-25-16(21)19-13/h4-10,17H,3H2,1-2H3. The second-order valence-corrected chi connectivity index (χ2v) is 6.54. The van der Waals surface area contributed by atoms with Crippen LogP contribution in [0.2, 0.25) is 0 Å². The lowest BCUT2D eigenvalue weighted by molar-refractivity contribution is -0.389. The molecule has 3 aromatic heterocycles. The van der Waals surface area contributed by atoms with Crippen LogP contribution >= 0.6 is 11.3 Å². The molecule has 9 heteroatoms. The van der Waals surface area contributed by atoms with Gasteiger partial charge in [0.05, 0.1) is 17.1 Å². The Morgan fingerprint density at radius 2 is 2.16 bits per heavy atom. The van der Waals surface area contributed by atoms with Gasteiger partial charge in [-0.25, -0.2) is 4.98 Å². The maximum atomic E-state index is 11.5. The number of aryl methyl sites for hydroxylation is 1. The van der Waals surface area contributed by atoms with Crippen LogP contribution in [0.3, 0.4) is 0 Å². The first-order valence-corrected chi connectivity index (χ1v) is 8.79. The molecule has 0 radical (unpaired) electrons. The number of anilines is 1. The van der Waals surface area contributed by atoms with Crippen molar-refractivity contribution < 1.29 is 4.92 Å². The van der Waals surface area contributed by atoms with Crippen LogP contribution in [0.15, 0.2) is 35.8 Å². The van der Waals surface area contributed by atoms with E-state index < -0.39 is 4.92 Å². The third kappa shape index (κ3) is 2.43. The first-order valence-electron chi connectivity index (χ1n) is 7.91. The number of hydrogen-bond acceptors (Lipinski definition) is 6. The molecule has 0 saturated heterocycles. The van der Waals surface area contributed by atoms with Crippen molar-refractivity contribution in [3.8, 4) is 0 Å². The summed E-state index contributed by atoms with van der Waals surface area (Å²) in [5, 5.41) is 16.4. The van der Waals surface area contributed by atoms with Crippen molar-refractivity contribution in [1.29, 1.82) is 0 Å². The summed E-state index contributed by atoms with van der Waals surface area (Å²) in [5.41, 5.74) is 1.96. The number of nitro groups is 1. The molecule has 1 aromatic carbocycles. The molecular formula is C16H16N6O2S. The molecule has 25 heavy (non-hydrogen) atoms. The largest absolute Gasteiger partial charge is 0.372 e. The van der Waals surface area contributed by atoms with Gasteiger partial charge in [-0.1, -0.05) is 23.5 Å². The highest BCUT2D eigenvalue weighted by atomic mass is 32.1. The Bertz CT molecular complexity index is 1080. The zero-order valence-electron chi connectivity index (χ0n) is 13.7. The zero-order valence-corrected chi connectivity index (χ0v) is 14.5. The van der Waals surface area contributed by atoms with Crippen LogP contribution in [0.1, 0.15) is 25.7 Å². The van der Waals surface area contributed by atoms with Crippen LogP contribution in [0.5, 0.6) is 0 Å². The van der Waals surface area contributed by atoms with Crippen LogP contribution in [-0.4, -0.2) is 23.9 Å². The maximum Gasteiger partial charge on any atom is 0.372 e. The SMILES string of the molecule is CCn1c(C(C)Nc2nc3sccn3c2[N+](=O)[O-])nc2ccccc21. The van der Waals surface area contributed by atoms with E-state index in [2.05, 4.69) is 21.8 Å². The zero-order chi connectivity index (χ0) is 17.6. The Kier molecular flexibility index (Phi) is 3.65. The van der Waals surface area contributed by atoms with Gasteiger partial charge >= 0.3 is 5.82 Å². The van der Waals surface area contributed by atoms with Crippen LogP contribution < -0.4 is 5.32 Å². The van der Waals surface area contributed by atoms with E-state index in [0.717, 1.165) is 23.4 Å². The number of rotatable bonds is 5. The molecule has 0 aliphatic carbocycles. The lowest BCUT2D eigenvalue weighted by Crippen LogP contribution is -2.14. The average molecular weight is 356 g/mol. The van der Waals surface area contributed by atoms with Crippen LogP contribution in [0.25, 0.3) is 16.0 Å². The van der Waals surface area contributed by atoms with Crippen molar-refractivity contribution in [3.05, 3.63) is 51.8 Å². The van der Waals surface area contributed by atoms with E-state index in [1.807, 2.05) is 31.2 Å². The summed E-state index contributed by atoms with van der Waals surface area (Å²) in [6.45, 7) is 4.76. The fourth-order valence-corrected chi connectivity index (χ4v) is 3.78. The summed E-state index contributed by atoms with van der Waals surface area (Å²) in [6.07, 6.45) is 1.66. The summed E-state index contributed by atoms with van der Waals surface area (Å²) in [7, 11) is 0. The summed E-state index contributed by atoms with van der Waals surface area (Å²) in [4.78, 5) is 20.7. The van der Waals surface area contributed by atoms with Crippen molar-refractivity contribution in [2.24, 2.45) is 0 Å². The molecule has 3 heterocycles. The minimum absolute atomic E-state index is 0.0535. The van der Waals surface area contributed by atoms with E-state index >= 15 is 0 Å². The topological polar surface area (TPSA) is 90.3 Å². The molecule has 4 aromatic rings. The van der Waals surface area contributed by atoms with Crippen LogP contribution in [0, 0.1) is 10.1 Å². The molecule has 0 aliphatic rings. The minimum Gasteiger partial charge on any atom is -0.358 e. The van der Waals surface area contributed by atoms with E-state index in [4.69, 9.17) is 4.98 Å². The Morgan fingerprint density at radius 3 is 2.92 bits per heavy atom. The number of hydrogen-bond donors (Lipinski definition) is 1. The van der Waals surface area contributed by atoms with Gasteiger partial charge in [0.2, 0.25) is 5.82 Å². The monoisotopic (exact) mass is 356 g/mol. The highest BCUT2D eigenvalue weighted by molar-refractivity contribution is 7.15. The van der Waals surface area contributed by atoms with Crippen molar-refractivity contribution in [2.45, 2.75) is 26.4 Å². The Hall–Kier alpha value is -2.94. The number of nitrogens with zero attached hydrogens (tertiary/aromatic N) is 5. The second-order valence-electron chi connectivity index (χ2n) is 5.67. The highest BCUT2D eigenvalue weighted by Gasteiger charge is 2.26. The van der Waals surface area contributed by atoms with Gasteiger partial charge in [0.15, 0.2) is 0 Å². The Balaban J connectivity index is 1.76. The number of aromatic nitrogens is 4. The first kappa shape index (κ1) is 15.6. The van der Waals surface area contributed by atoms with E-state index in [9.17, 15) is 10.1 Å². The number of para-hydroxylation sites is 2. The first-order chi connectivity index (χ1) is 12.1. The van der Waals surface area contributed by atoms with E-state index in [1.165, 1.54) is 15.7 Å². The lowest BCUT2D eigenvalue weighted by atomic mass is 10.3. The maximum absolute atomic E-state index is 11.5. The van der Waals surface area contributed by atoms with Gasteiger partial charge < -0.3 is 20.0 Å². The third-order valence-corrected chi connectivity index (χ3v) is 4.91. The van der Waals surface area contributed by atoms with Crippen LogP contribution in [-0.2, 0) is 6.54 Å². The molecule has 0 fully saturated rings. The number of benzene rings is 1. The Labute approximate surface area is 146 Å². The lowest BCUT2D eigenvalue weighted by Gasteiger charge is -2.14. The molecule has 1 unspecified atom stereocenters. The molecule has 128 valence electrons. The van der Waals surface area contributed by atoms with Gasteiger partial charge in [-0.3, -0.25) is 0 Å². The third-order valence-electron chi connectivity index (χ3n) is 4.15. The number of fused-ring (bicyclic) bond motifs is 2. The van der Waals surface area contributed by atoms with E-state index in [1.54, 1.807) is 11.6 Å². The van der Waals surface area contributed by atoms with Gasteiger partial charge in [-0.05, 0) is 30.9 Å².